The second-order valence-corrected chi connectivity index (χ2v) is 9.83. The molecular weight excluding hydrogens is 552 g/mol. The Morgan fingerprint density at radius 2 is 1.42 bits per heavy atom. The molecule has 10 nitrogen and oxygen atoms in total. The number of carbonyl (C=O) groups is 4. The molecule has 1 aromatic rings. The third kappa shape index (κ3) is 11.2. The van der Waals surface area contributed by atoms with Crippen LogP contribution in [0.4, 0.5) is 26.3 Å². The number of carboxylic acid groups (broad SMARTS) is 3. The fourth-order valence-electron chi connectivity index (χ4n) is 3.65. The van der Waals surface area contributed by atoms with Gasteiger partial charge in [0.1, 0.15) is 0 Å². The molecule has 2 saturated heterocycles. The first-order valence-electron chi connectivity index (χ1n) is 10.9. The maximum Gasteiger partial charge on any atom is 0.490 e. The molecule has 2 atom stereocenters. The van der Waals surface area contributed by atoms with Crippen LogP contribution in [0.1, 0.15) is 16.7 Å². The third-order valence-corrected chi connectivity index (χ3v) is 6.46. The van der Waals surface area contributed by atoms with E-state index >= 15 is 0 Å². The summed E-state index contributed by atoms with van der Waals surface area (Å²) in [4.78, 5) is 50.2. The van der Waals surface area contributed by atoms with E-state index in [0.29, 0.717) is 19.6 Å². The number of fused-ring (bicyclic) bond motifs is 1. The number of piperazine rings is 1. The van der Waals surface area contributed by atoms with Gasteiger partial charge >= 0.3 is 30.3 Å². The molecule has 1 aromatic heterocycles. The lowest BCUT2D eigenvalue weighted by atomic mass is 10.1. The Kier molecular flexibility index (Phi) is 12.0. The van der Waals surface area contributed by atoms with Crippen molar-refractivity contribution < 1.29 is 60.8 Å². The molecule has 2 fully saturated rings. The van der Waals surface area contributed by atoms with Crippen molar-refractivity contribution in [3.63, 3.8) is 0 Å². The zero-order valence-corrected chi connectivity index (χ0v) is 21.1. The van der Waals surface area contributed by atoms with Crippen molar-refractivity contribution in [1.29, 1.82) is 0 Å². The Bertz CT molecular complexity index is 961. The van der Waals surface area contributed by atoms with Crippen LogP contribution in [-0.4, -0.2) is 111 Å². The minimum atomic E-state index is -5.08. The van der Waals surface area contributed by atoms with E-state index in [2.05, 4.69) is 28.9 Å². The number of thiophene rings is 1. The van der Waals surface area contributed by atoms with Gasteiger partial charge in [-0.05, 0) is 19.1 Å². The Labute approximate surface area is 217 Å². The fourth-order valence-corrected chi connectivity index (χ4v) is 4.59. The zero-order chi connectivity index (χ0) is 29.4. The maximum atomic E-state index is 11.9. The average molecular weight is 580 g/mol. The van der Waals surface area contributed by atoms with E-state index < -0.39 is 36.2 Å². The van der Waals surface area contributed by atoms with E-state index in [1.165, 1.54) is 16.7 Å². The first kappa shape index (κ1) is 33.1. The monoisotopic (exact) mass is 579 g/mol. The quantitative estimate of drug-likeness (QED) is 0.461. The minimum Gasteiger partial charge on any atom is -0.481 e. The molecule has 3 rings (SSSR count). The molecule has 216 valence electrons. The average Bonchev–Trinajstić information content (AvgIpc) is 3.06. The van der Waals surface area contributed by atoms with Gasteiger partial charge in [0, 0.05) is 68.5 Å². The number of alkyl halides is 6. The second kappa shape index (κ2) is 13.7. The predicted molar refractivity (Wildman–Crippen MR) is 120 cm³/mol. The van der Waals surface area contributed by atoms with Crippen molar-refractivity contribution in [3.05, 3.63) is 21.9 Å². The number of aliphatic carboxylic acids is 3. The first-order valence-corrected chi connectivity index (χ1v) is 11.7. The topological polar surface area (TPSA) is 139 Å². The second-order valence-electron chi connectivity index (χ2n) is 8.46. The molecule has 17 heteroatoms. The van der Waals surface area contributed by atoms with Crippen LogP contribution in [0.5, 0.6) is 0 Å². The molecule has 0 saturated carbocycles. The van der Waals surface area contributed by atoms with Crippen LogP contribution in [0.3, 0.4) is 0 Å². The van der Waals surface area contributed by atoms with Gasteiger partial charge in [0.05, 0.1) is 5.92 Å². The van der Waals surface area contributed by atoms with Crippen molar-refractivity contribution in [1.82, 2.24) is 14.7 Å². The van der Waals surface area contributed by atoms with E-state index in [0.717, 1.165) is 26.2 Å². The summed E-state index contributed by atoms with van der Waals surface area (Å²) in [7, 11) is 0. The highest BCUT2D eigenvalue weighted by Gasteiger charge is 2.39. The van der Waals surface area contributed by atoms with Gasteiger partial charge in [-0.1, -0.05) is 0 Å². The van der Waals surface area contributed by atoms with Crippen LogP contribution in [0.2, 0.25) is 0 Å². The number of carbonyl (C=O) groups excluding carboxylic acids is 1. The Balaban J connectivity index is 0.000000426. The van der Waals surface area contributed by atoms with Crippen LogP contribution in [0.15, 0.2) is 12.1 Å². The largest absolute Gasteiger partial charge is 0.490 e. The molecule has 0 radical (unpaired) electrons. The van der Waals surface area contributed by atoms with E-state index in [9.17, 15) is 41.0 Å². The predicted octanol–water partition coefficient (Wildman–Crippen LogP) is 2.37. The molecule has 0 aromatic carbocycles. The molecule has 0 aliphatic carbocycles. The summed E-state index contributed by atoms with van der Waals surface area (Å²) in [6.45, 7) is 8.76. The normalized spacial score (nSPS) is 20.6. The van der Waals surface area contributed by atoms with Gasteiger partial charge in [-0.2, -0.15) is 26.3 Å². The van der Waals surface area contributed by atoms with Gasteiger partial charge in [-0.3, -0.25) is 19.4 Å². The van der Waals surface area contributed by atoms with Crippen molar-refractivity contribution in [2.75, 3.05) is 39.3 Å². The van der Waals surface area contributed by atoms with Crippen molar-refractivity contribution in [3.8, 4) is 0 Å². The van der Waals surface area contributed by atoms with Gasteiger partial charge < -0.3 is 20.2 Å². The van der Waals surface area contributed by atoms with Crippen molar-refractivity contribution in [2.45, 2.75) is 38.8 Å². The van der Waals surface area contributed by atoms with E-state index in [-0.39, 0.29) is 11.9 Å². The number of rotatable bonds is 3. The number of nitrogens with zero attached hydrogens (tertiary/aromatic N) is 3. The van der Waals surface area contributed by atoms with E-state index in [1.807, 2.05) is 11.3 Å². The highest BCUT2D eigenvalue weighted by atomic mass is 32.1. The lowest BCUT2D eigenvalue weighted by Crippen LogP contribution is -2.55. The molecule has 38 heavy (non-hydrogen) atoms. The first-order chi connectivity index (χ1) is 17.3. The van der Waals surface area contributed by atoms with Crippen molar-refractivity contribution in [2.24, 2.45) is 5.92 Å². The van der Waals surface area contributed by atoms with Crippen LogP contribution >= 0.6 is 11.3 Å². The van der Waals surface area contributed by atoms with Gasteiger partial charge in [0.15, 0.2) is 0 Å². The summed E-state index contributed by atoms with van der Waals surface area (Å²) in [5.41, 5.74) is 0. The van der Waals surface area contributed by atoms with Crippen LogP contribution < -0.4 is 0 Å². The number of hydrogen-bond acceptors (Lipinski definition) is 7. The summed E-state index contributed by atoms with van der Waals surface area (Å²) in [5, 5.41) is 23.7. The molecule has 2 unspecified atom stereocenters. The van der Waals surface area contributed by atoms with E-state index in [1.54, 1.807) is 4.90 Å². The SMILES string of the molecule is CC(=O)N1CC(C(=O)O)CN2CCN(Cc3ccc(C)s3)CC2C1.O=C(O)C(F)(F)F.O=C(O)C(F)(F)F. The zero-order valence-electron chi connectivity index (χ0n) is 20.3. The standard InChI is InChI=1S/C17H25N3O3S.2C2HF3O2/c1-12-3-4-16(24-12)11-18-5-6-19-7-14(17(22)23)8-20(13(2)21)10-15(19)9-18;2*3-2(4,5)1(6)7/h3-4,14-15H,5-11H2,1-2H3,(H,22,23);2*(H,6,7). The summed E-state index contributed by atoms with van der Waals surface area (Å²) in [6, 6.07) is 4.55. The number of aryl methyl sites for hydroxylation is 1. The molecule has 0 bridgehead atoms. The molecule has 1 amide bonds. The fraction of sp³-hybridized carbons (Fsp3) is 0.619. The minimum absolute atomic E-state index is 0.0332. The van der Waals surface area contributed by atoms with Gasteiger partial charge in [0.2, 0.25) is 5.91 Å². The Hall–Kier alpha value is -2.92. The van der Waals surface area contributed by atoms with Gasteiger partial charge in [-0.15, -0.1) is 11.3 Å². The van der Waals surface area contributed by atoms with E-state index in [4.69, 9.17) is 19.8 Å². The van der Waals surface area contributed by atoms with Crippen molar-refractivity contribution >= 4 is 35.2 Å². The number of amides is 1. The number of carboxylic acids is 3. The van der Waals surface area contributed by atoms with Crippen LogP contribution in [-0.2, 0) is 25.7 Å². The Morgan fingerprint density at radius 3 is 1.82 bits per heavy atom. The van der Waals surface area contributed by atoms with Crippen LogP contribution in [0, 0.1) is 12.8 Å². The summed E-state index contributed by atoms with van der Waals surface area (Å²) < 4.78 is 63.5. The highest BCUT2D eigenvalue weighted by Crippen LogP contribution is 2.23. The highest BCUT2D eigenvalue weighted by molar-refractivity contribution is 7.11. The summed E-state index contributed by atoms with van der Waals surface area (Å²) in [6.07, 6.45) is -10.2. The Morgan fingerprint density at radius 1 is 0.895 bits per heavy atom. The smallest absolute Gasteiger partial charge is 0.481 e. The maximum absolute atomic E-state index is 11.9. The molecular formula is C21H27F6N3O7S. The molecule has 2 aliphatic rings. The molecule has 3 heterocycles. The summed E-state index contributed by atoms with van der Waals surface area (Å²) >= 11 is 1.83. The number of halogens is 6. The van der Waals surface area contributed by atoms with Gasteiger partial charge in [-0.25, -0.2) is 9.59 Å². The lowest BCUT2D eigenvalue weighted by molar-refractivity contribution is -0.193. The molecule has 2 aliphatic heterocycles. The number of hydrogen-bond donors (Lipinski definition) is 3. The third-order valence-electron chi connectivity index (χ3n) is 5.47. The van der Waals surface area contributed by atoms with Gasteiger partial charge in [0.25, 0.3) is 0 Å². The molecule has 0 spiro atoms. The lowest BCUT2D eigenvalue weighted by Gasteiger charge is -2.41. The summed E-state index contributed by atoms with van der Waals surface area (Å²) in [5.74, 6) is -6.85. The molecule has 3 N–H and O–H groups in total. The van der Waals surface area contributed by atoms with Crippen LogP contribution in [0.25, 0.3) is 0 Å².